The standard InChI is InChI=1S/C13H19BrN2O2S/c1-9-2-3-10(14)8-13(9)19(17,18)16-12-6-4-11(15)5-7-12/h2-3,8,11-12,16H,4-7,15H2,1H3. The van der Waals surface area contributed by atoms with Crippen LogP contribution in [0.4, 0.5) is 0 Å². The SMILES string of the molecule is Cc1ccc(Br)cc1S(=O)(=O)NC1CCC(N)CC1. The highest BCUT2D eigenvalue weighted by Gasteiger charge is 2.25. The van der Waals surface area contributed by atoms with Gasteiger partial charge in [-0.3, -0.25) is 0 Å². The van der Waals surface area contributed by atoms with Crippen LogP contribution in [0.15, 0.2) is 27.6 Å². The van der Waals surface area contributed by atoms with Gasteiger partial charge in [-0.25, -0.2) is 13.1 Å². The Kier molecular flexibility index (Phi) is 4.66. The number of rotatable bonds is 3. The van der Waals surface area contributed by atoms with Gasteiger partial charge in [0.15, 0.2) is 0 Å². The van der Waals surface area contributed by atoms with Crippen LogP contribution in [0.25, 0.3) is 0 Å². The van der Waals surface area contributed by atoms with Crippen LogP contribution >= 0.6 is 15.9 Å². The van der Waals surface area contributed by atoms with Crippen molar-refractivity contribution >= 4 is 26.0 Å². The fourth-order valence-corrected chi connectivity index (χ4v) is 4.47. The van der Waals surface area contributed by atoms with Gasteiger partial charge in [-0.1, -0.05) is 22.0 Å². The lowest BCUT2D eigenvalue weighted by Gasteiger charge is -2.26. The van der Waals surface area contributed by atoms with Crippen LogP contribution in [0.1, 0.15) is 31.2 Å². The molecule has 1 aromatic rings. The van der Waals surface area contributed by atoms with Gasteiger partial charge in [-0.05, 0) is 50.3 Å². The number of nitrogens with two attached hydrogens (primary N) is 1. The molecule has 3 N–H and O–H groups in total. The van der Waals surface area contributed by atoms with Gasteiger partial charge in [-0.15, -0.1) is 0 Å². The summed E-state index contributed by atoms with van der Waals surface area (Å²) in [6.07, 6.45) is 3.39. The molecular weight excluding hydrogens is 328 g/mol. The molecule has 0 heterocycles. The molecule has 1 aromatic carbocycles. The minimum atomic E-state index is -3.45. The van der Waals surface area contributed by atoms with Crippen molar-refractivity contribution in [1.29, 1.82) is 0 Å². The van der Waals surface area contributed by atoms with E-state index in [1.807, 2.05) is 6.07 Å². The number of nitrogens with one attached hydrogen (secondary N) is 1. The van der Waals surface area contributed by atoms with Gasteiger partial charge in [0.05, 0.1) is 4.90 Å². The highest BCUT2D eigenvalue weighted by atomic mass is 79.9. The van der Waals surface area contributed by atoms with E-state index in [0.29, 0.717) is 4.90 Å². The average Bonchev–Trinajstić information content (AvgIpc) is 2.35. The second-order valence-electron chi connectivity index (χ2n) is 5.14. The van der Waals surface area contributed by atoms with Gasteiger partial charge in [0, 0.05) is 16.6 Å². The molecule has 106 valence electrons. The third-order valence-electron chi connectivity index (χ3n) is 3.53. The first kappa shape index (κ1) is 15.0. The van der Waals surface area contributed by atoms with E-state index >= 15 is 0 Å². The molecule has 0 aromatic heterocycles. The molecule has 0 spiro atoms. The molecule has 1 aliphatic rings. The van der Waals surface area contributed by atoms with Crippen molar-refractivity contribution < 1.29 is 8.42 Å². The van der Waals surface area contributed by atoms with Crippen molar-refractivity contribution in [2.45, 2.75) is 49.6 Å². The summed E-state index contributed by atoms with van der Waals surface area (Å²) < 4.78 is 28.3. The summed E-state index contributed by atoms with van der Waals surface area (Å²) in [6.45, 7) is 1.80. The molecule has 0 saturated heterocycles. The maximum atomic E-state index is 12.4. The molecule has 2 rings (SSSR count). The van der Waals surface area contributed by atoms with Gasteiger partial charge in [-0.2, -0.15) is 0 Å². The first-order valence-electron chi connectivity index (χ1n) is 6.42. The van der Waals surface area contributed by atoms with Crippen LogP contribution in [-0.4, -0.2) is 20.5 Å². The first-order chi connectivity index (χ1) is 8.88. The zero-order valence-electron chi connectivity index (χ0n) is 10.9. The monoisotopic (exact) mass is 346 g/mol. The molecule has 6 heteroatoms. The largest absolute Gasteiger partial charge is 0.328 e. The molecule has 0 amide bonds. The quantitative estimate of drug-likeness (QED) is 0.881. The highest BCUT2D eigenvalue weighted by molar-refractivity contribution is 9.10. The number of aryl methyl sites for hydroxylation is 1. The number of sulfonamides is 1. The van der Waals surface area contributed by atoms with Crippen LogP contribution in [-0.2, 0) is 10.0 Å². The summed E-state index contributed by atoms with van der Waals surface area (Å²) in [5.74, 6) is 0. The predicted molar refractivity (Wildman–Crippen MR) is 79.4 cm³/mol. The van der Waals surface area contributed by atoms with E-state index in [9.17, 15) is 8.42 Å². The molecule has 0 radical (unpaired) electrons. The van der Waals surface area contributed by atoms with Crippen molar-refractivity contribution in [1.82, 2.24) is 4.72 Å². The number of hydrogen-bond acceptors (Lipinski definition) is 3. The van der Waals surface area contributed by atoms with E-state index in [1.165, 1.54) is 0 Å². The molecule has 4 nitrogen and oxygen atoms in total. The maximum absolute atomic E-state index is 12.4. The van der Waals surface area contributed by atoms with E-state index in [-0.39, 0.29) is 12.1 Å². The Morgan fingerprint density at radius 3 is 2.53 bits per heavy atom. The highest BCUT2D eigenvalue weighted by Crippen LogP contribution is 2.23. The molecule has 19 heavy (non-hydrogen) atoms. The Morgan fingerprint density at radius 2 is 1.89 bits per heavy atom. The van der Waals surface area contributed by atoms with Crippen molar-refractivity contribution in [2.24, 2.45) is 5.73 Å². The molecule has 0 unspecified atom stereocenters. The molecule has 0 bridgehead atoms. The van der Waals surface area contributed by atoms with E-state index in [2.05, 4.69) is 20.7 Å². The molecule has 0 atom stereocenters. The third kappa shape index (κ3) is 3.78. The molecule has 1 fully saturated rings. The Bertz CT molecular complexity index is 552. The Hall–Kier alpha value is -0.430. The lowest BCUT2D eigenvalue weighted by Crippen LogP contribution is -2.40. The number of benzene rings is 1. The molecule has 1 saturated carbocycles. The normalized spacial score (nSPS) is 24.4. The Balaban J connectivity index is 2.16. The van der Waals surface area contributed by atoms with Crippen LogP contribution in [0, 0.1) is 6.92 Å². The summed E-state index contributed by atoms with van der Waals surface area (Å²) in [7, 11) is -3.45. The summed E-state index contributed by atoms with van der Waals surface area (Å²) in [5, 5.41) is 0. The second-order valence-corrected chi connectivity index (χ2v) is 7.74. The van der Waals surface area contributed by atoms with Gasteiger partial charge >= 0.3 is 0 Å². The summed E-state index contributed by atoms with van der Waals surface area (Å²) in [5.41, 5.74) is 6.59. The second kappa shape index (κ2) is 5.91. The first-order valence-corrected chi connectivity index (χ1v) is 8.70. The lowest BCUT2D eigenvalue weighted by molar-refractivity contribution is 0.373. The van der Waals surface area contributed by atoms with Crippen LogP contribution in [0.5, 0.6) is 0 Å². The van der Waals surface area contributed by atoms with Crippen LogP contribution in [0.2, 0.25) is 0 Å². The predicted octanol–water partition coefficient (Wildman–Crippen LogP) is 2.31. The van der Waals surface area contributed by atoms with Crippen LogP contribution < -0.4 is 10.5 Å². The minimum absolute atomic E-state index is 0.00295. The number of halogens is 1. The zero-order chi connectivity index (χ0) is 14.0. The topological polar surface area (TPSA) is 72.2 Å². The number of hydrogen-bond donors (Lipinski definition) is 2. The third-order valence-corrected chi connectivity index (χ3v) is 5.69. The van der Waals surface area contributed by atoms with Crippen molar-refractivity contribution in [3.63, 3.8) is 0 Å². The minimum Gasteiger partial charge on any atom is -0.328 e. The maximum Gasteiger partial charge on any atom is 0.241 e. The van der Waals surface area contributed by atoms with E-state index in [0.717, 1.165) is 35.7 Å². The lowest BCUT2D eigenvalue weighted by atomic mass is 9.93. The van der Waals surface area contributed by atoms with Crippen molar-refractivity contribution in [2.75, 3.05) is 0 Å². The van der Waals surface area contributed by atoms with Crippen molar-refractivity contribution in [3.05, 3.63) is 28.2 Å². The Labute approximate surface area is 122 Å². The van der Waals surface area contributed by atoms with Crippen LogP contribution in [0.3, 0.4) is 0 Å². The Morgan fingerprint density at radius 1 is 1.26 bits per heavy atom. The zero-order valence-corrected chi connectivity index (χ0v) is 13.3. The van der Waals surface area contributed by atoms with E-state index in [4.69, 9.17) is 5.73 Å². The average molecular weight is 347 g/mol. The van der Waals surface area contributed by atoms with E-state index in [1.54, 1.807) is 19.1 Å². The molecule has 0 aliphatic heterocycles. The molecule has 1 aliphatic carbocycles. The van der Waals surface area contributed by atoms with Gasteiger partial charge in [0.25, 0.3) is 0 Å². The van der Waals surface area contributed by atoms with E-state index < -0.39 is 10.0 Å². The van der Waals surface area contributed by atoms with Gasteiger partial charge < -0.3 is 5.73 Å². The van der Waals surface area contributed by atoms with Crippen molar-refractivity contribution in [3.8, 4) is 0 Å². The fourth-order valence-electron chi connectivity index (χ4n) is 2.38. The molecular formula is C13H19BrN2O2S. The van der Waals surface area contributed by atoms with Gasteiger partial charge in [0.2, 0.25) is 10.0 Å². The fraction of sp³-hybridized carbons (Fsp3) is 0.538. The smallest absolute Gasteiger partial charge is 0.241 e. The summed E-state index contributed by atoms with van der Waals surface area (Å²) in [6, 6.07) is 5.51. The van der Waals surface area contributed by atoms with Gasteiger partial charge in [0.1, 0.15) is 0 Å². The summed E-state index contributed by atoms with van der Waals surface area (Å²) in [4.78, 5) is 0.344. The summed E-state index contributed by atoms with van der Waals surface area (Å²) >= 11 is 3.31.